The van der Waals surface area contributed by atoms with Crippen LogP contribution in [-0.2, 0) is 0 Å². The summed E-state index contributed by atoms with van der Waals surface area (Å²) < 4.78 is 5.88. The van der Waals surface area contributed by atoms with Gasteiger partial charge in [-0.25, -0.2) is 4.98 Å². The molecule has 1 aromatic heterocycles. The highest BCUT2D eigenvalue weighted by Crippen LogP contribution is 2.18. The van der Waals surface area contributed by atoms with E-state index in [4.69, 9.17) is 4.74 Å². The molecule has 0 saturated carbocycles. The zero-order valence-electron chi connectivity index (χ0n) is 12.6. The molecule has 5 heteroatoms. The Bertz CT molecular complexity index is 637. The highest BCUT2D eigenvalue weighted by Gasteiger charge is 2.24. The van der Waals surface area contributed by atoms with Gasteiger partial charge in [0, 0.05) is 43.8 Å². The topological polar surface area (TPSA) is 55.3 Å². The molecule has 0 unspecified atom stereocenters. The number of nitrogens with zero attached hydrogens (tertiary/aromatic N) is 3. The van der Waals surface area contributed by atoms with Crippen LogP contribution >= 0.6 is 0 Å². The molecule has 2 aromatic rings. The molecule has 0 atom stereocenters. The molecule has 1 aliphatic rings. The largest absolute Gasteiger partial charge is 0.474 e. The number of carbonyl (C=O) groups excluding carboxylic acids is 1. The molecule has 1 aliphatic heterocycles. The molecular weight excluding hydrogens is 278 g/mol. The molecule has 114 valence electrons. The number of likely N-dealkylation sites (tertiary alicyclic amines) is 1. The van der Waals surface area contributed by atoms with Gasteiger partial charge in [-0.1, -0.05) is 18.2 Å². The first-order valence-electron chi connectivity index (χ1n) is 7.53. The van der Waals surface area contributed by atoms with Crippen molar-refractivity contribution in [2.24, 2.45) is 0 Å². The maximum Gasteiger partial charge on any atom is 0.253 e. The van der Waals surface area contributed by atoms with Crippen LogP contribution in [0.2, 0.25) is 0 Å². The molecular formula is C17H19N3O2. The lowest BCUT2D eigenvalue weighted by Gasteiger charge is -2.32. The summed E-state index contributed by atoms with van der Waals surface area (Å²) in [7, 11) is 0. The minimum absolute atomic E-state index is 0.0944. The molecule has 2 heterocycles. The van der Waals surface area contributed by atoms with Gasteiger partial charge >= 0.3 is 0 Å². The number of carbonyl (C=O) groups is 1. The van der Waals surface area contributed by atoms with Crippen LogP contribution in [0.5, 0.6) is 5.88 Å². The first-order valence-corrected chi connectivity index (χ1v) is 7.53. The van der Waals surface area contributed by atoms with Crippen LogP contribution in [0.1, 0.15) is 29.0 Å². The molecule has 0 radical (unpaired) electrons. The van der Waals surface area contributed by atoms with Crippen molar-refractivity contribution in [3.8, 4) is 5.88 Å². The van der Waals surface area contributed by atoms with Crippen molar-refractivity contribution < 1.29 is 9.53 Å². The van der Waals surface area contributed by atoms with Crippen LogP contribution in [0.25, 0.3) is 0 Å². The molecule has 1 aromatic carbocycles. The van der Waals surface area contributed by atoms with Crippen molar-refractivity contribution in [2.75, 3.05) is 13.1 Å². The second-order valence-corrected chi connectivity index (χ2v) is 5.42. The van der Waals surface area contributed by atoms with E-state index in [0.29, 0.717) is 24.8 Å². The molecule has 22 heavy (non-hydrogen) atoms. The Morgan fingerprint density at radius 3 is 2.59 bits per heavy atom. The predicted molar refractivity (Wildman–Crippen MR) is 82.8 cm³/mol. The van der Waals surface area contributed by atoms with E-state index >= 15 is 0 Å². The molecule has 0 aliphatic carbocycles. The Morgan fingerprint density at radius 2 is 1.91 bits per heavy atom. The van der Waals surface area contributed by atoms with Crippen molar-refractivity contribution in [1.82, 2.24) is 14.9 Å². The smallest absolute Gasteiger partial charge is 0.253 e. The van der Waals surface area contributed by atoms with Crippen LogP contribution in [-0.4, -0.2) is 40.0 Å². The van der Waals surface area contributed by atoms with Gasteiger partial charge in [-0.2, -0.15) is 4.98 Å². The van der Waals surface area contributed by atoms with Gasteiger partial charge in [0.2, 0.25) is 5.88 Å². The lowest BCUT2D eigenvalue weighted by molar-refractivity contribution is 0.0587. The Kier molecular flexibility index (Phi) is 4.32. The van der Waals surface area contributed by atoms with E-state index in [1.807, 2.05) is 42.2 Å². The van der Waals surface area contributed by atoms with Gasteiger partial charge in [0.05, 0.1) is 0 Å². The number of rotatable bonds is 3. The van der Waals surface area contributed by atoms with E-state index in [2.05, 4.69) is 9.97 Å². The number of benzene rings is 1. The highest BCUT2D eigenvalue weighted by molar-refractivity contribution is 5.94. The lowest BCUT2D eigenvalue weighted by atomic mass is 10.1. The van der Waals surface area contributed by atoms with Crippen molar-refractivity contribution in [3.63, 3.8) is 0 Å². The Morgan fingerprint density at radius 1 is 1.18 bits per heavy atom. The van der Waals surface area contributed by atoms with Gasteiger partial charge in [-0.15, -0.1) is 0 Å². The van der Waals surface area contributed by atoms with Crippen molar-refractivity contribution in [1.29, 1.82) is 0 Å². The monoisotopic (exact) mass is 297 g/mol. The number of aromatic nitrogens is 2. The van der Waals surface area contributed by atoms with Crippen LogP contribution in [0.15, 0.2) is 42.6 Å². The third-order valence-corrected chi connectivity index (χ3v) is 3.79. The van der Waals surface area contributed by atoms with Gasteiger partial charge in [0.15, 0.2) is 0 Å². The molecule has 1 saturated heterocycles. The van der Waals surface area contributed by atoms with Gasteiger partial charge < -0.3 is 9.64 Å². The summed E-state index contributed by atoms with van der Waals surface area (Å²) >= 11 is 0. The second-order valence-electron chi connectivity index (χ2n) is 5.42. The SMILES string of the molecule is Cc1nccc(OC2CCN(C(=O)c3ccccc3)CC2)n1. The van der Waals surface area contributed by atoms with Crippen molar-refractivity contribution >= 4 is 5.91 Å². The zero-order chi connectivity index (χ0) is 15.4. The summed E-state index contributed by atoms with van der Waals surface area (Å²) in [5.74, 6) is 1.41. The molecule has 3 rings (SSSR count). The number of ether oxygens (including phenoxy) is 1. The van der Waals surface area contributed by atoms with Gasteiger partial charge in [-0.3, -0.25) is 4.79 Å². The first-order chi connectivity index (χ1) is 10.7. The standard InChI is InChI=1S/C17H19N3O2/c1-13-18-10-7-16(19-13)22-15-8-11-20(12-9-15)17(21)14-5-3-2-4-6-14/h2-7,10,15H,8-9,11-12H2,1H3. The summed E-state index contributed by atoms with van der Waals surface area (Å²) in [5, 5.41) is 0. The summed E-state index contributed by atoms with van der Waals surface area (Å²) in [6.07, 6.45) is 3.45. The predicted octanol–water partition coefficient (Wildman–Crippen LogP) is 2.47. The Labute approximate surface area is 130 Å². The minimum Gasteiger partial charge on any atom is -0.474 e. The highest BCUT2D eigenvalue weighted by atomic mass is 16.5. The van der Waals surface area contributed by atoms with E-state index in [-0.39, 0.29) is 12.0 Å². The van der Waals surface area contributed by atoms with Gasteiger partial charge in [0.25, 0.3) is 5.91 Å². The summed E-state index contributed by atoms with van der Waals surface area (Å²) in [5.41, 5.74) is 0.744. The number of aryl methyl sites for hydroxylation is 1. The average Bonchev–Trinajstić information content (AvgIpc) is 2.56. The third-order valence-electron chi connectivity index (χ3n) is 3.79. The number of piperidine rings is 1. The van der Waals surface area contributed by atoms with E-state index in [1.54, 1.807) is 12.3 Å². The first kappa shape index (κ1) is 14.5. The second kappa shape index (κ2) is 6.56. The van der Waals surface area contributed by atoms with Gasteiger partial charge in [0.1, 0.15) is 11.9 Å². The summed E-state index contributed by atoms with van der Waals surface area (Å²) in [4.78, 5) is 22.6. The van der Waals surface area contributed by atoms with Crippen LogP contribution in [0.4, 0.5) is 0 Å². The van der Waals surface area contributed by atoms with E-state index in [1.165, 1.54) is 0 Å². The molecule has 0 bridgehead atoms. The normalized spacial score (nSPS) is 15.6. The fraction of sp³-hybridized carbons (Fsp3) is 0.353. The van der Waals surface area contributed by atoms with Crippen LogP contribution < -0.4 is 4.74 Å². The fourth-order valence-corrected chi connectivity index (χ4v) is 2.61. The maximum absolute atomic E-state index is 12.4. The molecule has 0 spiro atoms. The minimum atomic E-state index is 0.0944. The van der Waals surface area contributed by atoms with Crippen molar-refractivity contribution in [2.45, 2.75) is 25.9 Å². The number of amides is 1. The van der Waals surface area contributed by atoms with Crippen LogP contribution in [0.3, 0.4) is 0 Å². The maximum atomic E-state index is 12.4. The summed E-state index contributed by atoms with van der Waals surface area (Å²) in [6, 6.07) is 11.2. The molecule has 1 amide bonds. The average molecular weight is 297 g/mol. The lowest BCUT2D eigenvalue weighted by Crippen LogP contribution is -2.41. The Hall–Kier alpha value is -2.43. The molecule has 0 N–H and O–H groups in total. The number of hydrogen-bond donors (Lipinski definition) is 0. The molecule has 5 nitrogen and oxygen atoms in total. The number of hydrogen-bond acceptors (Lipinski definition) is 4. The quantitative estimate of drug-likeness (QED) is 0.873. The van der Waals surface area contributed by atoms with E-state index in [9.17, 15) is 4.79 Å². The van der Waals surface area contributed by atoms with E-state index in [0.717, 1.165) is 18.4 Å². The van der Waals surface area contributed by atoms with E-state index < -0.39 is 0 Å². The molecule has 1 fully saturated rings. The summed E-state index contributed by atoms with van der Waals surface area (Å²) in [6.45, 7) is 3.26. The Balaban J connectivity index is 1.55. The third kappa shape index (κ3) is 3.42. The van der Waals surface area contributed by atoms with Crippen LogP contribution in [0, 0.1) is 6.92 Å². The van der Waals surface area contributed by atoms with Gasteiger partial charge in [-0.05, 0) is 19.1 Å². The van der Waals surface area contributed by atoms with Crippen molar-refractivity contribution in [3.05, 3.63) is 54.0 Å². The zero-order valence-corrected chi connectivity index (χ0v) is 12.6. The fourth-order valence-electron chi connectivity index (χ4n) is 2.61.